The number of anilines is 2. The molecule has 0 radical (unpaired) electrons. The Kier molecular flexibility index (Phi) is 5.91. The number of rotatable bonds is 6. The highest BCUT2D eigenvalue weighted by Gasteiger charge is 2.20. The van der Waals surface area contributed by atoms with E-state index in [-0.39, 0.29) is 21.4 Å². The van der Waals surface area contributed by atoms with Gasteiger partial charge in [0.15, 0.2) is 0 Å². The summed E-state index contributed by atoms with van der Waals surface area (Å²) in [4.78, 5) is 8.33. The summed E-state index contributed by atoms with van der Waals surface area (Å²) < 4.78 is 55.8. The molecule has 0 saturated heterocycles. The number of aromatic nitrogens is 2. The molecule has 2 aromatic carbocycles. The standard InChI is InChI=1S/C22H24N4O4S2/c1-15-13-16(2)24-22(23-15)26-31(27,28)20-11-8-19(9-12-20)25-32(29,30)21-10-7-17-5-3-4-6-18(17)14-21/h7-14,25H,3-6H2,1-2H3,(H,23,24,26). The van der Waals surface area contributed by atoms with Crippen molar-refractivity contribution in [3.05, 3.63) is 71.0 Å². The number of hydrogen-bond acceptors (Lipinski definition) is 6. The van der Waals surface area contributed by atoms with Crippen LogP contribution in [0.1, 0.15) is 35.4 Å². The lowest BCUT2D eigenvalue weighted by Crippen LogP contribution is -2.16. The predicted molar refractivity (Wildman–Crippen MR) is 123 cm³/mol. The topological polar surface area (TPSA) is 118 Å². The maximum atomic E-state index is 12.8. The summed E-state index contributed by atoms with van der Waals surface area (Å²) in [6, 6.07) is 12.4. The SMILES string of the molecule is Cc1cc(C)nc(NS(=O)(=O)c2ccc(NS(=O)(=O)c3ccc4c(c3)CCCC4)cc2)n1. The lowest BCUT2D eigenvalue weighted by atomic mass is 9.92. The first-order valence-corrected chi connectivity index (χ1v) is 13.2. The zero-order valence-corrected chi connectivity index (χ0v) is 19.4. The molecule has 1 aromatic heterocycles. The van der Waals surface area contributed by atoms with Gasteiger partial charge in [-0.15, -0.1) is 0 Å². The molecule has 3 aromatic rings. The second-order valence-corrected chi connectivity index (χ2v) is 11.2. The third-order valence-electron chi connectivity index (χ3n) is 5.26. The molecule has 0 aliphatic heterocycles. The first-order chi connectivity index (χ1) is 15.1. The third kappa shape index (κ3) is 4.91. The van der Waals surface area contributed by atoms with E-state index in [1.54, 1.807) is 32.0 Å². The van der Waals surface area contributed by atoms with Gasteiger partial charge in [-0.3, -0.25) is 4.72 Å². The van der Waals surface area contributed by atoms with E-state index in [0.29, 0.717) is 11.4 Å². The Morgan fingerprint density at radius 1 is 0.688 bits per heavy atom. The van der Waals surface area contributed by atoms with Crippen molar-refractivity contribution in [2.45, 2.75) is 49.3 Å². The van der Waals surface area contributed by atoms with Gasteiger partial charge in [0.05, 0.1) is 9.79 Å². The lowest BCUT2D eigenvalue weighted by molar-refractivity contribution is 0.599. The molecule has 32 heavy (non-hydrogen) atoms. The first-order valence-electron chi connectivity index (χ1n) is 10.2. The molecule has 0 amide bonds. The number of sulfonamides is 2. The largest absolute Gasteiger partial charge is 0.280 e. The van der Waals surface area contributed by atoms with Crippen LogP contribution in [-0.4, -0.2) is 26.8 Å². The van der Waals surface area contributed by atoms with E-state index in [1.807, 2.05) is 6.07 Å². The van der Waals surface area contributed by atoms with Gasteiger partial charge in [0.25, 0.3) is 20.0 Å². The fraction of sp³-hybridized carbons (Fsp3) is 0.273. The highest BCUT2D eigenvalue weighted by Crippen LogP contribution is 2.26. The minimum Gasteiger partial charge on any atom is -0.280 e. The van der Waals surface area contributed by atoms with Crippen LogP contribution in [0.3, 0.4) is 0 Å². The second kappa shape index (κ2) is 8.51. The van der Waals surface area contributed by atoms with E-state index in [9.17, 15) is 16.8 Å². The van der Waals surface area contributed by atoms with E-state index >= 15 is 0 Å². The number of nitrogens with zero attached hydrogens (tertiary/aromatic N) is 2. The van der Waals surface area contributed by atoms with E-state index in [2.05, 4.69) is 19.4 Å². The molecule has 168 valence electrons. The van der Waals surface area contributed by atoms with Crippen molar-refractivity contribution in [3.63, 3.8) is 0 Å². The summed E-state index contributed by atoms with van der Waals surface area (Å²) >= 11 is 0. The Bertz CT molecular complexity index is 1350. The van der Waals surface area contributed by atoms with Gasteiger partial charge in [-0.05, 0) is 93.1 Å². The van der Waals surface area contributed by atoms with Gasteiger partial charge in [0.2, 0.25) is 5.95 Å². The van der Waals surface area contributed by atoms with Crippen LogP contribution in [0.25, 0.3) is 0 Å². The van der Waals surface area contributed by atoms with Crippen LogP contribution in [0.5, 0.6) is 0 Å². The van der Waals surface area contributed by atoms with Gasteiger partial charge in [0.1, 0.15) is 0 Å². The van der Waals surface area contributed by atoms with Crippen LogP contribution in [0.2, 0.25) is 0 Å². The molecule has 0 fully saturated rings. The van der Waals surface area contributed by atoms with E-state index < -0.39 is 20.0 Å². The van der Waals surface area contributed by atoms with Gasteiger partial charge in [-0.2, -0.15) is 0 Å². The second-order valence-electron chi connectivity index (χ2n) is 7.85. The Hall–Kier alpha value is -2.98. The van der Waals surface area contributed by atoms with Gasteiger partial charge in [-0.1, -0.05) is 6.07 Å². The average Bonchev–Trinajstić information content (AvgIpc) is 2.72. The minimum absolute atomic E-state index is 0.0142. The van der Waals surface area contributed by atoms with Gasteiger partial charge in [0, 0.05) is 17.1 Å². The molecule has 2 N–H and O–H groups in total. The van der Waals surface area contributed by atoms with E-state index in [4.69, 9.17) is 0 Å². The smallest absolute Gasteiger partial charge is 0.264 e. The number of hydrogen-bond donors (Lipinski definition) is 2. The molecule has 0 spiro atoms. The molecular formula is C22H24N4O4S2. The average molecular weight is 473 g/mol. The van der Waals surface area contributed by atoms with Gasteiger partial charge in [-0.25, -0.2) is 31.5 Å². The molecule has 1 aliphatic carbocycles. The maximum Gasteiger partial charge on any atom is 0.264 e. The number of fused-ring (bicyclic) bond motifs is 1. The van der Waals surface area contributed by atoms with Crippen molar-refractivity contribution in [2.24, 2.45) is 0 Å². The van der Waals surface area contributed by atoms with Crippen LogP contribution in [0.15, 0.2) is 58.3 Å². The molecule has 0 atom stereocenters. The molecule has 1 aliphatic rings. The first kappa shape index (κ1) is 22.2. The van der Waals surface area contributed by atoms with Crippen molar-refractivity contribution in [3.8, 4) is 0 Å². The van der Waals surface area contributed by atoms with E-state index in [1.165, 1.54) is 29.8 Å². The summed E-state index contributed by atoms with van der Waals surface area (Å²) in [5, 5.41) is 0. The summed E-state index contributed by atoms with van der Waals surface area (Å²) in [5.74, 6) is -0.0142. The molecule has 8 nitrogen and oxygen atoms in total. The Morgan fingerprint density at radius 3 is 1.91 bits per heavy atom. The maximum absolute atomic E-state index is 12.8. The minimum atomic E-state index is -3.92. The van der Waals surface area contributed by atoms with Crippen LogP contribution in [0, 0.1) is 13.8 Å². The molecule has 0 saturated carbocycles. The van der Waals surface area contributed by atoms with Crippen molar-refractivity contribution >= 4 is 31.7 Å². The fourth-order valence-electron chi connectivity index (χ4n) is 3.74. The van der Waals surface area contributed by atoms with Crippen LogP contribution < -0.4 is 9.44 Å². The van der Waals surface area contributed by atoms with E-state index in [0.717, 1.165) is 31.2 Å². The Balaban J connectivity index is 1.52. The number of aryl methyl sites for hydroxylation is 4. The van der Waals surface area contributed by atoms with Crippen molar-refractivity contribution < 1.29 is 16.8 Å². The fourth-order valence-corrected chi connectivity index (χ4v) is 5.80. The third-order valence-corrected chi connectivity index (χ3v) is 7.98. The van der Waals surface area contributed by atoms with Crippen LogP contribution in [-0.2, 0) is 32.9 Å². The summed E-state index contributed by atoms with van der Waals surface area (Å²) in [5.41, 5.74) is 3.82. The van der Waals surface area contributed by atoms with Gasteiger partial charge < -0.3 is 0 Å². The molecule has 0 bridgehead atoms. The quantitative estimate of drug-likeness (QED) is 0.566. The van der Waals surface area contributed by atoms with Crippen LogP contribution in [0.4, 0.5) is 11.6 Å². The molecular weight excluding hydrogens is 448 g/mol. The van der Waals surface area contributed by atoms with Crippen molar-refractivity contribution in [1.82, 2.24) is 9.97 Å². The number of nitrogens with one attached hydrogen (secondary N) is 2. The molecule has 1 heterocycles. The highest BCUT2D eigenvalue weighted by atomic mass is 32.2. The van der Waals surface area contributed by atoms with Crippen molar-refractivity contribution in [1.29, 1.82) is 0 Å². The summed E-state index contributed by atoms with van der Waals surface area (Å²) in [6.45, 7) is 3.49. The summed E-state index contributed by atoms with van der Waals surface area (Å²) in [7, 11) is -7.71. The molecule has 10 heteroatoms. The number of benzene rings is 2. The Morgan fingerprint density at radius 2 is 1.25 bits per heavy atom. The molecule has 4 rings (SSSR count). The van der Waals surface area contributed by atoms with Crippen LogP contribution >= 0.6 is 0 Å². The predicted octanol–water partition coefficient (Wildman–Crippen LogP) is 3.57. The molecule has 0 unspecified atom stereocenters. The van der Waals surface area contributed by atoms with Gasteiger partial charge >= 0.3 is 0 Å². The zero-order valence-electron chi connectivity index (χ0n) is 17.8. The lowest BCUT2D eigenvalue weighted by Gasteiger charge is -2.17. The normalized spacial score (nSPS) is 13.9. The summed E-state index contributed by atoms with van der Waals surface area (Å²) in [6.07, 6.45) is 4.03. The highest BCUT2D eigenvalue weighted by molar-refractivity contribution is 7.93. The Labute approximate surface area is 188 Å². The zero-order chi connectivity index (χ0) is 22.9. The van der Waals surface area contributed by atoms with Crippen molar-refractivity contribution in [2.75, 3.05) is 9.44 Å². The monoisotopic (exact) mass is 472 g/mol.